The first kappa shape index (κ1) is 20.8. The predicted molar refractivity (Wildman–Crippen MR) is 125 cm³/mol. The average Bonchev–Trinajstić information content (AvgIpc) is 3.50. The largest absolute Gasteiger partial charge is 0.495 e. The topological polar surface area (TPSA) is 106 Å². The van der Waals surface area contributed by atoms with Crippen molar-refractivity contribution in [2.24, 2.45) is 0 Å². The fourth-order valence-electron chi connectivity index (χ4n) is 3.51. The summed E-state index contributed by atoms with van der Waals surface area (Å²) >= 11 is 1.57. The van der Waals surface area contributed by atoms with Crippen LogP contribution in [0.4, 0.5) is 5.69 Å². The molecule has 5 rings (SSSR count). The van der Waals surface area contributed by atoms with Gasteiger partial charge >= 0.3 is 0 Å². The summed E-state index contributed by atoms with van der Waals surface area (Å²) in [5, 5.41) is 19.7. The molecular weight excluding hydrogens is 436 g/mol. The highest BCUT2D eigenvalue weighted by Gasteiger charge is 2.21. The second-order valence-electron chi connectivity index (χ2n) is 7.64. The third-order valence-electron chi connectivity index (χ3n) is 5.54. The molecule has 0 bridgehead atoms. The number of hydrogen-bond acceptors (Lipinski definition) is 7. The quantitative estimate of drug-likeness (QED) is 0.435. The highest BCUT2D eigenvalue weighted by Crippen LogP contribution is 2.36. The van der Waals surface area contributed by atoms with E-state index in [0.717, 1.165) is 21.8 Å². The van der Waals surface area contributed by atoms with Crippen molar-refractivity contribution in [3.8, 4) is 29.0 Å². The van der Waals surface area contributed by atoms with Crippen molar-refractivity contribution in [3.63, 3.8) is 0 Å². The molecule has 1 amide bonds. The third-order valence-corrected chi connectivity index (χ3v) is 6.31. The number of tetrazole rings is 1. The zero-order chi connectivity index (χ0) is 22.6. The van der Waals surface area contributed by atoms with Gasteiger partial charge in [0.1, 0.15) is 5.75 Å². The molecule has 0 atom stereocenters. The number of H-pyrrole nitrogens is 1. The van der Waals surface area contributed by atoms with Gasteiger partial charge in [0.2, 0.25) is 5.82 Å². The van der Waals surface area contributed by atoms with Gasteiger partial charge in [-0.15, -0.1) is 21.5 Å². The van der Waals surface area contributed by atoms with E-state index in [-0.39, 0.29) is 5.91 Å². The Hall–Kier alpha value is -4.03. The molecule has 2 aromatic carbocycles. The third kappa shape index (κ3) is 4.61. The lowest BCUT2D eigenvalue weighted by molar-refractivity contribution is 0.102. The fourth-order valence-corrected chi connectivity index (χ4v) is 4.26. The molecule has 2 aromatic heterocycles. The molecule has 0 spiro atoms. The molecule has 4 aromatic rings. The summed E-state index contributed by atoms with van der Waals surface area (Å²) in [7, 11) is 1.54. The van der Waals surface area contributed by atoms with Crippen LogP contribution in [0.15, 0.2) is 47.8 Å². The van der Waals surface area contributed by atoms with Crippen LogP contribution >= 0.6 is 11.3 Å². The number of carbonyl (C=O) groups excluding carboxylic acids is 1. The number of methoxy groups -OCH3 is 1. The minimum atomic E-state index is -0.259. The minimum Gasteiger partial charge on any atom is -0.495 e. The number of thiazole rings is 1. The number of nitrogens with one attached hydrogen (secondary N) is 2. The number of ether oxygens (including phenoxy) is 1. The minimum absolute atomic E-state index is 0.259. The molecule has 9 heteroatoms. The van der Waals surface area contributed by atoms with Crippen LogP contribution in [-0.2, 0) is 0 Å². The summed E-state index contributed by atoms with van der Waals surface area (Å²) in [6, 6.07) is 12.5. The number of amides is 1. The summed E-state index contributed by atoms with van der Waals surface area (Å²) in [6.45, 7) is 0. The molecular formula is C24H20N6O2S. The number of aromatic nitrogens is 5. The lowest BCUT2D eigenvalue weighted by atomic mass is 9.83. The highest BCUT2D eigenvalue weighted by molar-refractivity contribution is 7.10. The SMILES string of the molecule is COc1cc(-c2nn[nH]n2)ccc1NC(=O)c1cccc(C#Cc2nc(C3CCC3)cs2)c1. The molecule has 0 saturated heterocycles. The first-order chi connectivity index (χ1) is 16.2. The summed E-state index contributed by atoms with van der Waals surface area (Å²) in [6.07, 6.45) is 3.73. The molecule has 0 aliphatic heterocycles. The van der Waals surface area contributed by atoms with E-state index in [2.05, 4.69) is 48.1 Å². The van der Waals surface area contributed by atoms with Crippen molar-refractivity contribution in [2.75, 3.05) is 12.4 Å². The van der Waals surface area contributed by atoms with Crippen LogP contribution < -0.4 is 10.1 Å². The van der Waals surface area contributed by atoms with Crippen LogP contribution in [0.2, 0.25) is 0 Å². The van der Waals surface area contributed by atoms with E-state index in [1.165, 1.54) is 26.4 Å². The van der Waals surface area contributed by atoms with Crippen molar-refractivity contribution < 1.29 is 9.53 Å². The Bertz CT molecular complexity index is 1350. The predicted octanol–water partition coefficient (Wildman–Crippen LogP) is 4.25. The number of benzene rings is 2. The molecule has 8 nitrogen and oxygen atoms in total. The molecule has 1 aliphatic carbocycles. The van der Waals surface area contributed by atoms with E-state index in [1.54, 1.807) is 41.7 Å². The highest BCUT2D eigenvalue weighted by atomic mass is 32.1. The van der Waals surface area contributed by atoms with Crippen LogP contribution in [-0.4, -0.2) is 38.6 Å². The maximum absolute atomic E-state index is 12.9. The van der Waals surface area contributed by atoms with Crippen LogP contribution in [0.5, 0.6) is 5.75 Å². The molecule has 1 fully saturated rings. The van der Waals surface area contributed by atoms with Crippen LogP contribution in [0, 0.1) is 11.8 Å². The van der Waals surface area contributed by atoms with Crippen molar-refractivity contribution in [2.45, 2.75) is 25.2 Å². The monoisotopic (exact) mass is 456 g/mol. The van der Waals surface area contributed by atoms with Crippen LogP contribution in [0.3, 0.4) is 0 Å². The van der Waals surface area contributed by atoms with E-state index >= 15 is 0 Å². The molecule has 2 heterocycles. The van der Waals surface area contributed by atoms with Gasteiger partial charge in [-0.25, -0.2) is 4.98 Å². The van der Waals surface area contributed by atoms with Crippen LogP contribution in [0.25, 0.3) is 11.4 Å². The normalized spacial score (nSPS) is 13.0. The zero-order valence-electron chi connectivity index (χ0n) is 17.8. The maximum Gasteiger partial charge on any atom is 0.255 e. The van der Waals surface area contributed by atoms with E-state index in [1.807, 2.05) is 12.1 Å². The van der Waals surface area contributed by atoms with Gasteiger partial charge < -0.3 is 10.1 Å². The molecule has 1 saturated carbocycles. The Balaban J connectivity index is 1.31. The van der Waals surface area contributed by atoms with Gasteiger partial charge in [0.25, 0.3) is 5.91 Å². The molecule has 2 N–H and O–H groups in total. The maximum atomic E-state index is 12.9. The fraction of sp³-hybridized carbons (Fsp3) is 0.208. The van der Waals surface area contributed by atoms with Crippen molar-refractivity contribution in [1.82, 2.24) is 25.6 Å². The smallest absolute Gasteiger partial charge is 0.255 e. The van der Waals surface area contributed by atoms with E-state index in [0.29, 0.717) is 28.7 Å². The number of aromatic amines is 1. The Morgan fingerprint density at radius 3 is 2.88 bits per heavy atom. The van der Waals surface area contributed by atoms with Gasteiger partial charge in [-0.05, 0) is 60.4 Å². The van der Waals surface area contributed by atoms with Crippen molar-refractivity contribution in [3.05, 3.63) is 69.7 Å². The second kappa shape index (κ2) is 9.22. The van der Waals surface area contributed by atoms with Crippen LogP contribution in [0.1, 0.15) is 51.8 Å². The van der Waals surface area contributed by atoms with Gasteiger partial charge in [-0.2, -0.15) is 5.21 Å². The number of carbonyl (C=O) groups is 1. The van der Waals surface area contributed by atoms with Gasteiger partial charge in [0.05, 0.1) is 18.5 Å². The summed E-state index contributed by atoms with van der Waals surface area (Å²) in [5.74, 6) is 7.52. The number of anilines is 1. The molecule has 0 unspecified atom stereocenters. The first-order valence-electron chi connectivity index (χ1n) is 10.5. The van der Waals surface area contributed by atoms with E-state index < -0.39 is 0 Å². The molecule has 1 aliphatic rings. The number of rotatable bonds is 5. The standard InChI is InChI=1S/C24H20N6O2S/c1-32-21-13-17(23-27-29-30-28-23)9-10-19(21)26-24(31)18-7-2-4-15(12-18)8-11-22-25-20(14-33-22)16-5-3-6-16/h2,4,7,9-10,12-14,16H,3,5-6H2,1H3,(H,26,31)(H,27,28,29,30). The lowest BCUT2D eigenvalue weighted by Gasteiger charge is -2.22. The zero-order valence-corrected chi connectivity index (χ0v) is 18.6. The first-order valence-corrected chi connectivity index (χ1v) is 11.4. The molecule has 164 valence electrons. The Morgan fingerprint density at radius 2 is 2.12 bits per heavy atom. The summed E-state index contributed by atoms with van der Waals surface area (Å²) < 4.78 is 5.43. The van der Waals surface area contributed by atoms with Gasteiger partial charge in [0.15, 0.2) is 5.01 Å². The lowest BCUT2D eigenvalue weighted by Crippen LogP contribution is -2.12. The number of nitrogens with zero attached hydrogens (tertiary/aromatic N) is 4. The average molecular weight is 457 g/mol. The Kier molecular flexibility index (Phi) is 5.83. The second-order valence-corrected chi connectivity index (χ2v) is 8.50. The van der Waals surface area contributed by atoms with Gasteiger partial charge in [-0.3, -0.25) is 4.79 Å². The Labute approximate surface area is 194 Å². The van der Waals surface area contributed by atoms with E-state index in [4.69, 9.17) is 4.74 Å². The van der Waals surface area contributed by atoms with Crippen molar-refractivity contribution >= 4 is 22.9 Å². The van der Waals surface area contributed by atoms with E-state index in [9.17, 15) is 4.79 Å². The molecule has 0 radical (unpaired) electrons. The summed E-state index contributed by atoms with van der Waals surface area (Å²) in [5.41, 5.74) is 3.67. The van der Waals surface area contributed by atoms with Gasteiger partial charge in [0, 0.05) is 28.0 Å². The molecule has 33 heavy (non-hydrogen) atoms. The summed E-state index contributed by atoms with van der Waals surface area (Å²) in [4.78, 5) is 17.5. The van der Waals surface area contributed by atoms with Gasteiger partial charge in [-0.1, -0.05) is 18.4 Å². The Morgan fingerprint density at radius 1 is 1.21 bits per heavy atom. The number of hydrogen-bond donors (Lipinski definition) is 2. The van der Waals surface area contributed by atoms with Crippen molar-refractivity contribution in [1.29, 1.82) is 0 Å².